The highest BCUT2D eigenvalue weighted by atomic mass is 16.5. The molecule has 80 valence electrons. The summed E-state index contributed by atoms with van der Waals surface area (Å²) in [5.41, 5.74) is -0.306. The van der Waals surface area contributed by atoms with Crippen LogP contribution in [0.15, 0.2) is 0 Å². The lowest BCUT2D eigenvalue weighted by Gasteiger charge is -2.16. The van der Waals surface area contributed by atoms with Crippen molar-refractivity contribution in [2.24, 2.45) is 5.41 Å². The molecule has 4 nitrogen and oxygen atoms in total. The predicted octanol–water partition coefficient (Wildman–Crippen LogP) is 0.567. The van der Waals surface area contributed by atoms with Crippen LogP contribution in [0.2, 0.25) is 0 Å². The van der Waals surface area contributed by atoms with Gasteiger partial charge in [0.25, 0.3) is 0 Å². The van der Waals surface area contributed by atoms with E-state index in [0.29, 0.717) is 6.42 Å². The molecule has 0 aromatic carbocycles. The highest BCUT2D eigenvalue weighted by Gasteiger charge is 2.13. The van der Waals surface area contributed by atoms with Crippen molar-refractivity contribution in [3.63, 3.8) is 0 Å². The molecule has 0 bridgehead atoms. The molecular formula is C9H20O4. The maximum Gasteiger partial charge on any atom is 0.305 e. The second-order valence-corrected chi connectivity index (χ2v) is 3.41. The maximum atomic E-state index is 9.96. The normalized spacial score (nSPS) is 10.0. The molecule has 0 aromatic rings. The minimum Gasteiger partial charge on any atom is -0.469 e. The fourth-order valence-electron chi connectivity index (χ4n) is 0.194. The number of aliphatic hydroxyl groups excluding tert-OH is 2. The van der Waals surface area contributed by atoms with E-state index in [0.717, 1.165) is 0 Å². The summed E-state index contributed by atoms with van der Waals surface area (Å²) in [4.78, 5) is 9.96. The molecule has 0 spiro atoms. The summed E-state index contributed by atoms with van der Waals surface area (Å²) >= 11 is 0. The Morgan fingerprint density at radius 2 is 1.69 bits per heavy atom. The van der Waals surface area contributed by atoms with E-state index in [1.54, 1.807) is 20.8 Å². The summed E-state index contributed by atoms with van der Waals surface area (Å²) < 4.78 is 4.26. The Morgan fingerprint density at radius 3 is 1.69 bits per heavy atom. The summed E-state index contributed by atoms with van der Waals surface area (Å²) in [6, 6.07) is 0. The van der Waals surface area contributed by atoms with E-state index in [4.69, 9.17) is 10.2 Å². The second kappa shape index (κ2) is 8.01. The van der Waals surface area contributed by atoms with Crippen molar-refractivity contribution in [3.8, 4) is 0 Å². The van der Waals surface area contributed by atoms with Crippen LogP contribution < -0.4 is 0 Å². The van der Waals surface area contributed by atoms with Gasteiger partial charge in [0, 0.05) is 11.8 Å². The molecule has 0 fully saturated rings. The van der Waals surface area contributed by atoms with Crippen LogP contribution in [-0.4, -0.2) is 36.5 Å². The minimum absolute atomic E-state index is 0.0451. The first-order valence-electron chi connectivity index (χ1n) is 4.22. The van der Waals surface area contributed by atoms with Gasteiger partial charge >= 0.3 is 5.97 Å². The van der Waals surface area contributed by atoms with Crippen molar-refractivity contribution in [2.45, 2.75) is 27.2 Å². The first-order valence-corrected chi connectivity index (χ1v) is 4.22. The van der Waals surface area contributed by atoms with Gasteiger partial charge in [0.15, 0.2) is 0 Å². The largest absolute Gasteiger partial charge is 0.469 e. The van der Waals surface area contributed by atoms with Crippen LogP contribution in [0, 0.1) is 5.41 Å². The molecule has 0 aromatic heterocycles. The Balaban J connectivity index is 0. The average molecular weight is 192 g/mol. The summed E-state index contributed by atoms with van der Waals surface area (Å²) in [6.07, 6.45) is 0.469. The Kier molecular flexibility index (Phi) is 9.17. The van der Waals surface area contributed by atoms with Gasteiger partial charge in [0.2, 0.25) is 0 Å². The Bertz CT molecular complexity index is 120. The van der Waals surface area contributed by atoms with Gasteiger partial charge < -0.3 is 14.9 Å². The highest BCUT2D eigenvalue weighted by molar-refractivity contribution is 5.68. The van der Waals surface area contributed by atoms with Crippen molar-refractivity contribution in [1.82, 2.24) is 0 Å². The van der Waals surface area contributed by atoms with Gasteiger partial charge in [-0.25, -0.2) is 0 Å². The monoisotopic (exact) mass is 192 g/mol. The first kappa shape index (κ1) is 14.9. The van der Waals surface area contributed by atoms with E-state index >= 15 is 0 Å². The van der Waals surface area contributed by atoms with Crippen molar-refractivity contribution in [3.05, 3.63) is 0 Å². The van der Waals surface area contributed by atoms with Gasteiger partial charge in [-0.15, -0.1) is 0 Å². The van der Waals surface area contributed by atoms with Crippen molar-refractivity contribution in [1.29, 1.82) is 0 Å². The van der Waals surface area contributed by atoms with Gasteiger partial charge in [-0.2, -0.15) is 0 Å². The summed E-state index contributed by atoms with van der Waals surface area (Å²) in [5, 5.41) is 16.9. The van der Waals surface area contributed by atoms with E-state index in [2.05, 4.69) is 4.74 Å². The quantitative estimate of drug-likeness (QED) is 0.641. The molecule has 4 heteroatoms. The number of hydrogen-bond donors (Lipinski definition) is 2. The molecule has 0 aliphatic rings. The number of rotatable bonds is 3. The molecule has 0 saturated carbocycles. The average Bonchev–Trinajstić information content (AvgIpc) is 2.17. The molecule has 0 amide bonds. The third kappa shape index (κ3) is 11.4. The maximum absolute atomic E-state index is 9.96. The van der Waals surface area contributed by atoms with Crippen LogP contribution in [0.3, 0.4) is 0 Å². The third-order valence-electron chi connectivity index (χ3n) is 1.37. The van der Waals surface area contributed by atoms with E-state index in [1.807, 2.05) is 0 Å². The van der Waals surface area contributed by atoms with Gasteiger partial charge in [0.05, 0.1) is 20.3 Å². The molecule has 0 aliphatic heterocycles. The minimum atomic E-state index is -0.306. The molecule has 0 atom stereocenters. The van der Waals surface area contributed by atoms with Crippen molar-refractivity contribution < 1.29 is 19.7 Å². The predicted molar refractivity (Wildman–Crippen MR) is 50.3 cm³/mol. The Hall–Kier alpha value is -0.610. The van der Waals surface area contributed by atoms with Crippen molar-refractivity contribution in [2.75, 3.05) is 20.3 Å². The summed E-state index contributed by atoms with van der Waals surface area (Å²) in [5.74, 6) is -0.157. The lowest BCUT2D eigenvalue weighted by atomic mass is 9.97. The molecule has 0 rings (SSSR count). The number of carbonyl (C=O) groups excluding carboxylic acids is 1. The fraction of sp³-hybridized carbons (Fsp3) is 0.889. The zero-order chi connectivity index (χ0) is 10.9. The van der Waals surface area contributed by atoms with Crippen LogP contribution in [0.1, 0.15) is 27.2 Å². The Morgan fingerprint density at radius 1 is 1.31 bits per heavy atom. The molecule has 0 heterocycles. The fourth-order valence-corrected chi connectivity index (χ4v) is 0.194. The third-order valence-corrected chi connectivity index (χ3v) is 1.37. The summed E-state index contributed by atoms with van der Waals surface area (Å²) in [6.45, 7) is 5.44. The van der Waals surface area contributed by atoms with Crippen LogP contribution in [-0.2, 0) is 9.53 Å². The number of hydrogen-bond acceptors (Lipinski definition) is 4. The lowest BCUT2D eigenvalue weighted by Crippen LogP contribution is -2.20. The number of aliphatic hydroxyl groups is 2. The zero-order valence-electron chi connectivity index (χ0n) is 8.83. The Labute approximate surface area is 79.5 Å². The number of ether oxygens (including phenoxy) is 1. The molecule has 0 aliphatic carbocycles. The number of methoxy groups -OCH3 is 1. The van der Waals surface area contributed by atoms with Gasteiger partial charge in [-0.1, -0.05) is 20.8 Å². The standard InChI is InChI=1S/C5H12O2.C4H8O2/c1-5(2,3-6)4-7;1-3-4(5)6-2/h6-7H,3-4H2,1-2H3;3H2,1-2H3. The highest BCUT2D eigenvalue weighted by Crippen LogP contribution is 2.10. The smallest absolute Gasteiger partial charge is 0.305 e. The van der Waals surface area contributed by atoms with Gasteiger partial charge in [-0.05, 0) is 0 Å². The van der Waals surface area contributed by atoms with Crippen LogP contribution in [0.4, 0.5) is 0 Å². The van der Waals surface area contributed by atoms with Crippen LogP contribution in [0.5, 0.6) is 0 Å². The molecular weight excluding hydrogens is 172 g/mol. The van der Waals surface area contributed by atoms with E-state index < -0.39 is 0 Å². The van der Waals surface area contributed by atoms with Crippen LogP contribution >= 0.6 is 0 Å². The molecule has 0 saturated heterocycles. The zero-order valence-corrected chi connectivity index (χ0v) is 8.83. The first-order chi connectivity index (χ1) is 5.93. The molecule has 13 heavy (non-hydrogen) atoms. The lowest BCUT2D eigenvalue weighted by molar-refractivity contribution is -0.140. The molecule has 2 N–H and O–H groups in total. The van der Waals surface area contributed by atoms with E-state index in [1.165, 1.54) is 7.11 Å². The van der Waals surface area contributed by atoms with E-state index in [9.17, 15) is 4.79 Å². The van der Waals surface area contributed by atoms with Gasteiger partial charge in [-0.3, -0.25) is 4.79 Å². The van der Waals surface area contributed by atoms with E-state index in [-0.39, 0.29) is 24.6 Å². The molecule has 0 radical (unpaired) electrons. The number of carbonyl (C=O) groups is 1. The van der Waals surface area contributed by atoms with Crippen molar-refractivity contribution >= 4 is 5.97 Å². The summed E-state index contributed by atoms with van der Waals surface area (Å²) in [7, 11) is 1.38. The molecule has 0 unspecified atom stereocenters. The number of esters is 1. The van der Waals surface area contributed by atoms with Gasteiger partial charge in [0.1, 0.15) is 0 Å². The second-order valence-electron chi connectivity index (χ2n) is 3.41. The topological polar surface area (TPSA) is 66.8 Å². The SMILES string of the molecule is CC(C)(CO)CO.CCC(=O)OC. The van der Waals surface area contributed by atoms with Crippen LogP contribution in [0.25, 0.3) is 0 Å².